The van der Waals surface area contributed by atoms with Crippen LogP contribution in [0.5, 0.6) is 6.01 Å². The molecule has 0 aliphatic heterocycles. The Hall–Kier alpha value is -2.43. The fraction of sp³-hybridized carbons (Fsp3) is 0.0833. The van der Waals surface area contributed by atoms with Crippen LogP contribution in [0.2, 0.25) is 0 Å². The highest BCUT2D eigenvalue weighted by Crippen LogP contribution is 2.23. The summed E-state index contributed by atoms with van der Waals surface area (Å²) in [5.74, 6) is 0. The summed E-state index contributed by atoms with van der Waals surface area (Å²) in [6.07, 6.45) is 3.29. The van der Waals surface area contributed by atoms with E-state index >= 15 is 0 Å². The van der Waals surface area contributed by atoms with Crippen molar-refractivity contribution in [2.24, 2.45) is 0 Å². The van der Waals surface area contributed by atoms with Crippen molar-refractivity contribution in [1.82, 2.24) is 15.2 Å². The number of fused-ring (bicyclic) bond motifs is 1. The summed E-state index contributed by atoms with van der Waals surface area (Å²) in [4.78, 5) is 4.02. The molecule has 0 spiro atoms. The number of rotatable bonds is 2. The van der Waals surface area contributed by atoms with Crippen molar-refractivity contribution in [2.45, 2.75) is 0 Å². The second kappa shape index (κ2) is 3.86. The Morgan fingerprint density at radius 2 is 2.12 bits per heavy atom. The third-order valence-corrected chi connectivity index (χ3v) is 2.47. The van der Waals surface area contributed by atoms with Crippen LogP contribution in [0.4, 0.5) is 0 Å². The number of benzene rings is 1. The van der Waals surface area contributed by atoms with Gasteiger partial charge >= 0.3 is 6.01 Å². The van der Waals surface area contributed by atoms with Crippen LogP contribution in [0, 0.1) is 0 Å². The molecule has 5 nitrogen and oxygen atoms in total. The zero-order chi connectivity index (χ0) is 11.7. The minimum atomic E-state index is 0.262. The Kier molecular flexibility index (Phi) is 2.22. The minimum Gasteiger partial charge on any atom is -0.466 e. The van der Waals surface area contributed by atoms with Gasteiger partial charge in [-0.2, -0.15) is 0 Å². The summed E-state index contributed by atoms with van der Waals surface area (Å²) in [5, 5.41) is 8.91. The Balaban J connectivity index is 2.06. The van der Waals surface area contributed by atoms with Gasteiger partial charge in [-0.3, -0.25) is 0 Å². The van der Waals surface area contributed by atoms with Gasteiger partial charge in [0.05, 0.1) is 19.6 Å². The summed E-state index contributed by atoms with van der Waals surface area (Å²) in [6, 6.07) is 7.97. The van der Waals surface area contributed by atoms with Crippen molar-refractivity contribution in [1.29, 1.82) is 0 Å². The standard InChI is InChI=1S/C12H9N3O2/c1-16-12-13-7-10(14-15-12)8-2-3-11-9(6-8)4-5-17-11/h2-7H,1H3. The zero-order valence-corrected chi connectivity index (χ0v) is 9.12. The molecule has 0 atom stereocenters. The number of hydrogen-bond acceptors (Lipinski definition) is 5. The first-order valence-electron chi connectivity index (χ1n) is 5.08. The fourth-order valence-electron chi connectivity index (χ4n) is 1.62. The van der Waals surface area contributed by atoms with E-state index in [0.29, 0.717) is 5.69 Å². The maximum Gasteiger partial charge on any atom is 0.335 e. The third-order valence-electron chi connectivity index (χ3n) is 2.47. The van der Waals surface area contributed by atoms with Gasteiger partial charge in [-0.25, -0.2) is 4.98 Å². The molecule has 0 fully saturated rings. The predicted molar refractivity (Wildman–Crippen MR) is 61.6 cm³/mol. The van der Waals surface area contributed by atoms with Gasteiger partial charge < -0.3 is 9.15 Å². The van der Waals surface area contributed by atoms with E-state index in [2.05, 4.69) is 15.2 Å². The van der Waals surface area contributed by atoms with Crippen LogP contribution in [-0.4, -0.2) is 22.3 Å². The number of furan rings is 1. The number of methoxy groups -OCH3 is 1. The van der Waals surface area contributed by atoms with Crippen molar-refractivity contribution >= 4 is 11.0 Å². The van der Waals surface area contributed by atoms with E-state index in [1.807, 2.05) is 24.3 Å². The van der Waals surface area contributed by atoms with Crippen LogP contribution in [-0.2, 0) is 0 Å². The molecule has 0 unspecified atom stereocenters. The maximum atomic E-state index is 5.27. The Morgan fingerprint density at radius 3 is 2.88 bits per heavy atom. The van der Waals surface area contributed by atoms with Crippen molar-refractivity contribution < 1.29 is 9.15 Å². The van der Waals surface area contributed by atoms with Gasteiger partial charge in [-0.05, 0) is 24.3 Å². The summed E-state index contributed by atoms with van der Waals surface area (Å²) >= 11 is 0. The van der Waals surface area contributed by atoms with Gasteiger partial charge in [0.2, 0.25) is 0 Å². The van der Waals surface area contributed by atoms with E-state index < -0.39 is 0 Å². The quantitative estimate of drug-likeness (QED) is 0.672. The molecular formula is C12H9N3O2. The second-order valence-electron chi connectivity index (χ2n) is 3.50. The molecule has 0 N–H and O–H groups in total. The SMILES string of the molecule is COc1ncc(-c2ccc3occc3c2)nn1. The lowest BCUT2D eigenvalue weighted by Crippen LogP contribution is -1.95. The number of nitrogens with zero attached hydrogens (tertiary/aromatic N) is 3. The average Bonchev–Trinajstić information content (AvgIpc) is 2.86. The molecule has 0 bridgehead atoms. The summed E-state index contributed by atoms with van der Waals surface area (Å²) in [6.45, 7) is 0. The number of aromatic nitrogens is 3. The van der Waals surface area contributed by atoms with Gasteiger partial charge in [0, 0.05) is 10.9 Å². The fourth-order valence-corrected chi connectivity index (χ4v) is 1.62. The third kappa shape index (κ3) is 1.71. The van der Waals surface area contributed by atoms with Crippen LogP contribution in [0.1, 0.15) is 0 Å². The van der Waals surface area contributed by atoms with Crippen molar-refractivity contribution in [2.75, 3.05) is 7.11 Å². The number of ether oxygens (including phenoxy) is 1. The predicted octanol–water partition coefficient (Wildman–Crippen LogP) is 2.29. The van der Waals surface area contributed by atoms with Gasteiger partial charge in [-0.15, -0.1) is 5.10 Å². The lowest BCUT2D eigenvalue weighted by Gasteiger charge is -2.00. The molecule has 5 heteroatoms. The van der Waals surface area contributed by atoms with E-state index in [1.165, 1.54) is 7.11 Å². The monoisotopic (exact) mass is 227 g/mol. The summed E-state index contributed by atoms with van der Waals surface area (Å²) in [5.41, 5.74) is 2.50. The zero-order valence-electron chi connectivity index (χ0n) is 9.12. The average molecular weight is 227 g/mol. The lowest BCUT2D eigenvalue weighted by atomic mass is 10.1. The molecule has 0 aliphatic carbocycles. The highest BCUT2D eigenvalue weighted by atomic mass is 16.5. The van der Waals surface area contributed by atoms with Crippen LogP contribution in [0.15, 0.2) is 41.1 Å². The van der Waals surface area contributed by atoms with Crippen LogP contribution >= 0.6 is 0 Å². The molecule has 84 valence electrons. The van der Waals surface area contributed by atoms with Crippen molar-refractivity contribution in [3.63, 3.8) is 0 Å². The van der Waals surface area contributed by atoms with E-state index in [-0.39, 0.29) is 6.01 Å². The molecule has 2 heterocycles. The highest BCUT2D eigenvalue weighted by molar-refractivity contribution is 5.82. The van der Waals surface area contributed by atoms with Gasteiger partial charge in [0.15, 0.2) is 0 Å². The van der Waals surface area contributed by atoms with Crippen LogP contribution in [0.3, 0.4) is 0 Å². The maximum absolute atomic E-state index is 5.27. The Bertz CT molecular complexity index is 646. The summed E-state index contributed by atoms with van der Waals surface area (Å²) in [7, 11) is 1.51. The Labute approximate surface area is 97.1 Å². The second-order valence-corrected chi connectivity index (χ2v) is 3.50. The van der Waals surface area contributed by atoms with Gasteiger partial charge in [0.25, 0.3) is 0 Å². The van der Waals surface area contributed by atoms with Crippen molar-refractivity contribution in [3.8, 4) is 17.3 Å². The molecule has 0 aliphatic rings. The van der Waals surface area contributed by atoms with E-state index in [0.717, 1.165) is 16.5 Å². The van der Waals surface area contributed by atoms with Crippen LogP contribution < -0.4 is 4.74 Å². The van der Waals surface area contributed by atoms with E-state index in [9.17, 15) is 0 Å². The van der Waals surface area contributed by atoms with E-state index in [1.54, 1.807) is 12.5 Å². The Morgan fingerprint density at radius 1 is 1.18 bits per heavy atom. The molecule has 2 aromatic heterocycles. The summed E-state index contributed by atoms with van der Waals surface area (Å²) < 4.78 is 10.1. The van der Waals surface area contributed by atoms with Crippen LogP contribution in [0.25, 0.3) is 22.2 Å². The highest BCUT2D eigenvalue weighted by Gasteiger charge is 2.04. The topological polar surface area (TPSA) is 61.0 Å². The molecule has 3 rings (SSSR count). The largest absolute Gasteiger partial charge is 0.466 e. The molecule has 0 radical (unpaired) electrons. The first-order chi connectivity index (χ1) is 8.36. The first kappa shape index (κ1) is 9.77. The molecule has 17 heavy (non-hydrogen) atoms. The molecule has 0 saturated heterocycles. The molecule has 0 amide bonds. The number of hydrogen-bond donors (Lipinski definition) is 0. The lowest BCUT2D eigenvalue weighted by molar-refractivity contribution is 0.373. The normalized spacial score (nSPS) is 10.6. The van der Waals surface area contributed by atoms with Gasteiger partial charge in [0.1, 0.15) is 11.3 Å². The van der Waals surface area contributed by atoms with Gasteiger partial charge in [-0.1, -0.05) is 5.10 Å². The van der Waals surface area contributed by atoms with Crippen molar-refractivity contribution in [3.05, 3.63) is 36.7 Å². The molecule has 0 saturated carbocycles. The first-order valence-corrected chi connectivity index (χ1v) is 5.08. The molecule has 1 aromatic carbocycles. The molecule has 3 aromatic rings. The van der Waals surface area contributed by atoms with E-state index in [4.69, 9.17) is 9.15 Å². The smallest absolute Gasteiger partial charge is 0.335 e. The molecular weight excluding hydrogens is 218 g/mol. The minimum absolute atomic E-state index is 0.262.